The van der Waals surface area contributed by atoms with Crippen molar-refractivity contribution in [1.82, 2.24) is 19.7 Å². The predicted molar refractivity (Wildman–Crippen MR) is 82.8 cm³/mol. The van der Waals surface area contributed by atoms with Crippen molar-refractivity contribution < 1.29 is 0 Å². The van der Waals surface area contributed by atoms with Crippen LogP contribution in [0, 0.1) is 0 Å². The second-order valence-corrected chi connectivity index (χ2v) is 6.30. The molecule has 1 saturated carbocycles. The van der Waals surface area contributed by atoms with Gasteiger partial charge in [-0.3, -0.25) is 4.57 Å². The molecule has 106 valence electrons. The number of aromatic nitrogens is 4. The van der Waals surface area contributed by atoms with E-state index in [2.05, 4.69) is 20.5 Å². The highest BCUT2D eigenvalue weighted by atomic mass is 32.1. The number of benzene rings is 1. The number of hydrogen-bond donors (Lipinski definition) is 1. The lowest BCUT2D eigenvalue weighted by atomic mass is 10.3. The highest BCUT2D eigenvalue weighted by Gasteiger charge is 2.26. The number of rotatable bonds is 5. The smallest absolute Gasteiger partial charge is 0.229 e. The summed E-state index contributed by atoms with van der Waals surface area (Å²) in [7, 11) is 0. The quantitative estimate of drug-likeness (QED) is 0.785. The van der Waals surface area contributed by atoms with Gasteiger partial charge in [-0.1, -0.05) is 18.2 Å². The second kappa shape index (κ2) is 5.29. The van der Waals surface area contributed by atoms with E-state index in [4.69, 9.17) is 0 Å². The van der Waals surface area contributed by atoms with Crippen LogP contribution in [0.25, 0.3) is 5.69 Å². The molecule has 0 radical (unpaired) electrons. The molecule has 1 aliphatic carbocycles. The van der Waals surface area contributed by atoms with Crippen LogP contribution in [0.4, 0.5) is 5.95 Å². The van der Waals surface area contributed by atoms with Crippen molar-refractivity contribution in [2.24, 2.45) is 0 Å². The van der Waals surface area contributed by atoms with Gasteiger partial charge in [-0.2, -0.15) is 0 Å². The van der Waals surface area contributed by atoms with Gasteiger partial charge in [0.2, 0.25) is 5.95 Å². The van der Waals surface area contributed by atoms with Crippen LogP contribution in [0.2, 0.25) is 0 Å². The van der Waals surface area contributed by atoms with Crippen molar-refractivity contribution in [1.29, 1.82) is 0 Å². The Morgan fingerprint density at radius 3 is 2.90 bits per heavy atom. The van der Waals surface area contributed by atoms with Gasteiger partial charge in [-0.05, 0) is 25.0 Å². The predicted octanol–water partition coefficient (Wildman–Crippen LogP) is 3.21. The summed E-state index contributed by atoms with van der Waals surface area (Å²) in [6, 6.07) is 10.1. The average Bonchev–Trinajstić information content (AvgIpc) is 3.10. The van der Waals surface area contributed by atoms with Gasteiger partial charge >= 0.3 is 0 Å². The SMILES string of the molecule is c1ccc(-n2cnnc2NCc2cnc(C3CC3)s2)cc1. The van der Waals surface area contributed by atoms with Crippen molar-refractivity contribution in [3.63, 3.8) is 0 Å². The lowest BCUT2D eigenvalue weighted by Gasteiger charge is -2.07. The largest absolute Gasteiger partial charge is 0.349 e. The van der Waals surface area contributed by atoms with Crippen LogP contribution >= 0.6 is 11.3 Å². The zero-order valence-electron chi connectivity index (χ0n) is 11.4. The standard InChI is InChI=1S/C15H15N5S/c1-2-4-12(5-3-1)20-10-18-19-15(20)17-9-13-8-16-14(21-13)11-6-7-11/h1-5,8,10-11H,6-7,9H2,(H,17,19). The van der Waals surface area contributed by atoms with Gasteiger partial charge < -0.3 is 5.32 Å². The first-order chi connectivity index (χ1) is 10.4. The number of anilines is 1. The minimum Gasteiger partial charge on any atom is -0.349 e. The summed E-state index contributed by atoms with van der Waals surface area (Å²) in [6.45, 7) is 0.732. The Labute approximate surface area is 126 Å². The normalized spacial score (nSPS) is 14.3. The molecule has 0 saturated heterocycles. The Bertz CT molecular complexity index is 729. The summed E-state index contributed by atoms with van der Waals surface area (Å²) in [5, 5.41) is 12.8. The Morgan fingerprint density at radius 2 is 2.10 bits per heavy atom. The Kier molecular flexibility index (Phi) is 3.16. The zero-order chi connectivity index (χ0) is 14.1. The molecule has 1 aliphatic rings. The maximum absolute atomic E-state index is 4.49. The first kappa shape index (κ1) is 12.5. The molecule has 2 heterocycles. The molecule has 2 aromatic heterocycles. The molecule has 0 spiro atoms. The first-order valence-corrected chi connectivity index (χ1v) is 7.86. The lowest BCUT2D eigenvalue weighted by molar-refractivity contribution is 1.01. The van der Waals surface area contributed by atoms with E-state index < -0.39 is 0 Å². The fourth-order valence-corrected chi connectivity index (χ4v) is 3.25. The monoisotopic (exact) mass is 297 g/mol. The highest BCUT2D eigenvalue weighted by molar-refractivity contribution is 7.11. The molecule has 21 heavy (non-hydrogen) atoms. The van der Waals surface area contributed by atoms with E-state index in [1.54, 1.807) is 17.7 Å². The van der Waals surface area contributed by atoms with Crippen LogP contribution in [0.5, 0.6) is 0 Å². The topological polar surface area (TPSA) is 55.6 Å². The number of nitrogens with one attached hydrogen (secondary N) is 1. The summed E-state index contributed by atoms with van der Waals surface area (Å²) in [5.41, 5.74) is 1.05. The van der Waals surface area contributed by atoms with E-state index >= 15 is 0 Å². The third-order valence-corrected chi connectivity index (χ3v) is 4.66. The van der Waals surface area contributed by atoms with Gasteiger partial charge in [0, 0.05) is 17.0 Å². The molecule has 1 aromatic carbocycles. The highest BCUT2D eigenvalue weighted by Crippen LogP contribution is 2.41. The minimum absolute atomic E-state index is 0.719. The van der Waals surface area contributed by atoms with Crippen molar-refractivity contribution in [2.45, 2.75) is 25.3 Å². The molecule has 6 heteroatoms. The third-order valence-electron chi connectivity index (χ3n) is 3.50. The number of nitrogens with zero attached hydrogens (tertiary/aromatic N) is 4. The molecule has 0 atom stereocenters. The van der Waals surface area contributed by atoms with E-state index in [-0.39, 0.29) is 0 Å². The molecular formula is C15H15N5S. The van der Waals surface area contributed by atoms with Gasteiger partial charge in [0.05, 0.1) is 17.2 Å². The van der Waals surface area contributed by atoms with E-state index in [0.717, 1.165) is 24.1 Å². The van der Waals surface area contributed by atoms with E-state index in [9.17, 15) is 0 Å². The van der Waals surface area contributed by atoms with Crippen molar-refractivity contribution in [3.8, 4) is 5.69 Å². The van der Waals surface area contributed by atoms with Gasteiger partial charge in [-0.25, -0.2) is 4.98 Å². The van der Waals surface area contributed by atoms with Crippen molar-refractivity contribution >= 4 is 17.3 Å². The molecule has 1 N–H and O–H groups in total. The van der Waals surface area contributed by atoms with Crippen LogP contribution in [0.3, 0.4) is 0 Å². The van der Waals surface area contributed by atoms with Crippen LogP contribution < -0.4 is 5.32 Å². The fraction of sp³-hybridized carbons (Fsp3) is 0.267. The maximum atomic E-state index is 4.49. The second-order valence-electron chi connectivity index (χ2n) is 5.15. The van der Waals surface area contributed by atoms with E-state index in [1.165, 1.54) is 22.7 Å². The Morgan fingerprint density at radius 1 is 1.24 bits per heavy atom. The minimum atomic E-state index is 0.719. The molecule has 5 nitrogen and oxygen atoms in total. The lowest BCUT2D eigenvalue weighted by Crippen LogP contribution is -2.05. The Balaban J connectivity index is 1.48. The summed E-state index contributed by atoms with van der Waals surface area (Å²) >= 11 is 1.80. The number of thiazole rings is 1. The molecule has 1 fully saturated rings. The van der Waals surface area contributed by atoms with Crippen LogP contribution in [-0.4, -0.2) is 19.7 Å². The first-order valence-electron chi connectivity index (χ1n) is 7.04. The van der Waals surface area contributed by atoms with Gasteiger partial charge in [0.1, 0.15) is 6.33 Å². The molecule has 3 aromatic rings. The summed E-state index contributed by atoms with van der Waals surface area (Å²) in [6.07, 6.45) is 6.28. The van der Waals surface area contributed by atoms with Gasteiger partial charge in [0.15, 0.2) is 0 Å². The molecule has 0 unspecified atom stereocenters. The summed E-state index contributed by atoms with van der Waals surface area (Å²) in [5.74, 6) is 1.47. The van der Waals surface area contributed by atoms with Crippen LogP contribution in [0.1, 0.15) is 28.6 Å². The van der Waals surface area contributed by atoms with Gasteiger partial charge in [-0.15, -0.1) is 21.5 Å². The van der Waals surface area contributed by atoms with E-state index in [1.807, 2.05) is 41.1 Å². The van der Waals surface area contributed by atoms with E-state index in [0.29, 0.717) is 0 Å². The summed E-state index contributed by atoms with van der Waals surface area (Å²) in [4.78, 5) is 5.73. The zero-order valence-corrected chi connectivity index (χ0v) is 12.3. The molecule has 0 aliphatic heterocycles. The van der Waals surface area contributed by atoms with Crippen molar-refractivity contribution in [3.05, 3.63) is 52.7 Å². The fourth-order valence-electron chi connectivity index (χ4n) is 2.22. The number of para-hydroxylation sites is 1. The number of hydrogen-bond acceptors (Lipinski definition) is 5. The molecule has 0 bridgehead atoms. The third kappa shape index (κ3) is 2.67. The Hall–Kier alpha value is -2.21. The summed E-state index contributed by atoms with van der Waals surface area (Å²) < 4.78 is 1.95. The molecule has 0 amide bonds. The average molecular weight is 297 g/mol. The van der Waals surface area contributed by atoms with Crippen LogP contribution in [0.15, 0.2) is 42.9 Å². The van der Waals surface area contributed by atoms with Gasteiger partial charge in [0.25, 0.3) is 0 Å². The molecule has 4 rings (SSSR count). The molecular weight excluding hydrogens is 282 g/mol. The van der Waals surface area contributed by atoms with Crippen molar-refractivity contribution in [2.75, 3.05) is 5.32 Å². The van der Waals surface area contributed by atoms with Crippen LogP contribution in [-0.2, 0) is 6.54 Å². The maximum Gasteiger partial charge on any atom is 0.229 e.